The molecule has 0 saturated heterocycles. The number of benzene rings is 1. The fourth-order valence-corrected chi connectivity index (χ4v) is 2.30. The predicted molar refractivity (Wildman–Crippen MR) is 82.5 cm³/mol. The third kappa shape index (κ3) is 2.87. The number of hydrogen-bond donors (Lipinski definition) is 1. The standard InChI is InChI=1S/C16H18N4O/c1-3-20-11-13(10-18-20)21-16-8-12(9-17-2)14-6-4-5-7-15(14)19-16/h4-8,10-11,17H,3,9H2,1-2H3. The van der Waals surface area contributed by atoms with Gasteiger partial charge in [0.1, 0.15) is 0 Å². The molecule has 0 aliphatic carbocycles. The van der Waals surface area contributed by atoms with E-state index in [0.29, 0.717) is 11.6 Å². The maximum Gasteiger partial charge on any atom is 0.220 e. The lowest BCUT2D eigenvalue weighted by Gasteiger charge is -2.09. The van der Waals surface area contributed by atoms with Crippen molar-refractivity contribution >= 4 is 10.9 Å². The van der Waals surface area contributed by atoms with Crippen LogP contribution in [0.3, 0.4) is 0 Å². The summed E-state index contributed by atoms with van der Waals surface area (Å²) in [6, 6.07) is 10.1. The van der Waals surface area contributed by atoms with Crippen LogP contribution in [0.4, 0.5) is 0 Å². The maximum absolute atomic E-state index is 5.83. The average Bonchev–Trinajstić information content (AvgIpc) is 2.95. The monoisotopic (exact) mass is 282 g/mol. The summed E-state index contributed by atoms with van der Waals surface area (Å²) in [6.45, 7) is 3.63. The van der Waals surface area contributed by atoms with E-state index in [1.807, 2.05) is 49.1 Å². The van der Waals surface area contributed by atoms with Gasteiger partial charge in [-0.1, -0.05) is 18.2 Å². The Labute approximate surface area is 123 Å². The van der Waals surface area contributed by atoms with Crippen LogP contribution in [-0.2, 0) is 13.1 Å². The second-order valence-electron chi connectivity index (χ2n) is 4.80. The van der Waals surface area contributed by atoms with Crippen molar-refractivity contribution in [1.82, 2.24) is 20.1 Å². The topological polar surface area (TPSA) is 52.0 Å². The minimum Gasteiger partial charge on any atom is -0.436 e. The van der Waals surface area contributed by atoms with Gasteiger partial charge in [-0.3, -0.25) is 4.68 Å². The van der Waals surface area contributed by atoms with Crippen LogP contribution < -0.4 is 10.1 Å². The van der Waals surface area contributed by atoms with E-state index in [1.165, 1.54) is 5.56 Å². The van der Waals surface area contributed by atoms with Gasteiger partial charge in [0.25, 0.3) is 0 Å². The fraction of sp³-hybridized carbons (Fsp3) is 0.250. The highest BCUT2D eigenvalue weighted by atomic mass is 16.5. The first-order chi connectivity index (χ1) is 10.3. The van der Waals surface area contributed by atoms with E-state index in [-0.39, 0.29) is 0 Å². The normalized spacial score (nSPS) is 11.0. The average molecular weight is 282 g/mol. The van der Waals surface area contributed by atoms with Gasteiger partial charge in [-0.15, -0.1) is 0 Å². The SMILES string of the molecule is CCn1cc(Oc2cc(CNC)c3ccccc3n2)cn1. The third-order valence-electron chi connectivity index (χ3n) is 3.30. The molecule has 3 rings (SSSR count). The molecule has 0 fully saturated rings. The Hall–Kier alpha value is -2.40. The molecule has 108 valence electrons. The van der Waals surface area contributed by atoms with Crippen LogP contribution in [0.15, 0.2) is 42.7 Å². The smallest absolute Gasteiger partial charge is 0.220 e. The molecule has 5 heteroatoms. The molecule has 0 spiro atoms. The fourth-order valence-electron chi connectivity index (χ4n) is 2.30. The second kappa shape index (κ2) is 5.93. The number of fused-ring (bicyclic) bond motifs is 1. The highest BCUT2D eigenvalue weighted by Crippen LogP contribution is 2.25. The van der Waals surface area contributed by atoms with Crippen molar-refractivity contribution in [3.05, 3.63) is 48.3 Å². The molecule has 0 amide bonds. The lowest BCUT2D eigenvalue weighted by molar-refractivity contribution is 0.463. The Morgan fingerprint density at radius 2 is 2.14 bits per heavy atom. The van der Waals surface area contributed by atoms with Gasteiger partial charge in [0, 0.05) is 24.5 Å². The molecule has 21 heavy (non-hydrogen) atoms. The van der Waals surface area contributed by atoms with Crippen LogP contribution >= 0.6 is 0 Å². The lowest BCUT2D eigenvalue weighted by Crippen LogP contribution is -2.06. The summed E-state index contributed by atoms with van der Waals surface area (Å²) in [4.78, 5) is 4.56. The van der Waals surface area contributed by atoms with Crippen LogP contribution in [-0.4, -0.2) is 21.8 Å². The number of para-hydroxylation sites is 1. The van der Waals surface area contributed by atoms with E-state index in [0.717, 1.165) is 24.0 Å². The van der Waals surface area contributed by atoms with E-state index < -0.39 is 0 Å². The molecule has 1 aromatic carbocycles. The van der Waals surface area contributed by atoms with Gasteiger partial charge in [-0.2, -0.15) is 5.10 Å². The number of ether oxygens (including phenoxy) is 1. The summed E-state index contributed by atoms with van der Waals surface area (Å²) >= 11 is 0. The zero-order chi connectivity index (χ0) is 14.7. The Morgan fingerprint density at radius 1 is 1.29 bits per heavy atom. The van der Waals surface area contributed by atoms with E-state index in [2.05, 4.69) is 21.5 Å². The highest BCUT2D eigenvalue weighted by Gasteiger charge is 2.08. The number of aromatic nitrogens is 3. The van der Waals surface area contributed by atoms with E-state index in [9.17, 15) is 0 Å². The van der Waals surface area contributed by atoms with Gasteiger partial charge in [-0.05, 0) is 25.6 Å². The number of aryl methyl sites for hydroxylation is 1. The third-order valence-corrected chi connectivity index (χ3v) is 3.30. The molecule has 3 aromatic rings. The van der Waals surface area contributed by atoms with Crippen LogP contribution in [0.1, 0.15) is 12.5 Å². The molecular formula is C16H18N4O. The number of rotatable bonds is 5. The molecule has 0 saturated carbocycles. The van der Waals surface area contributed by atoms with Gasteiger partial charge in [0.15, 0.2) is 5.75 Å². The number of hydrogen-bond acceptors (Lipinski definition) is 4. The zero-order valence-corrected chi connectivity index (χ0v) is 12.2. The molecule has 1 N–H and O–H groups in total. The number of nitrogens with zero attached hydrogens (tertiary/aromatic N) is 3. The summed E-state index contributed by atoms with van der Waals surface area (Å²) in [5, 5.41) is 8.53. The minimum atomic E-state index is 0.592. The Morgan fingerprint density at radius 3 is 2.90 bits per heavy atom. The highest BCUT2D eigenvalue weighted by molar-refractivity contribution is 5.82. The van der Waals surface area contributed by atoms with E-state index >= 15 is 0 Å². The van der Waals surface area contributed by atoms with Crippen molar-refractivity contribution in [3.63, 3.8) is 0 Å². The Balaban J connectivity index is 1.98. The molecule has 2 heterocycles. The summed E-state index contributed by atoms with van der Waals surface area (Å²) in [5.41, 5.74) is 2.10. The molecule has 0 bridgehead atoms. The lowest BCUT2D eigenvalue weighted by atomic mass is 10.1. The summed E-state index contributed by atoms with van der Waals surface area (Å²) < 4.78 is 7.66. The van der Waals surface area contributed by atoms with Gasteiger partial charge in [-0.25, -0.2) is 4.98 Å². The quantitative estimate of drug-likeness (QED) is 0.781. The van der Waals surface area contributed by atoms with Gasteiger partial charge < -0.3 is 10.1 Å². The zero-order valence-electron chi connectivity index (χ0n) is 12.2. The van der Waals surface area contributed by atoms with Crippen LogP contribution in [0.5, 0.6) is 11.6 Å². The van der Waals surface area contributed by atoms with Crippen molar-refractivity contribution in [1.29, 1.82) is 0 Å². The van der Waals surface area contributed by atoms with Crippen LogP contribution in [0.25, 0.3) is 10.9 Å². The molecule has 2 aromatic heterocycles. The van der Waals surface area contributed by atoms with Crippen molar-refractivity contribution in [2.24, 2.45) is 0 Å². The van der Waals surface area contributed by atoms with Crippen LogP contribution in [0.2, 0.25) is 0 Å². The predicted octanol–water partition coefficient (Wildman–Crippen LogP) is 2.96. The van der Waals surface area contributed by atoms with Gasteiger partial charge in [0.2, 0.25) is 5.88 Å². The van der Waals surface area contributed by atoms with E-state index in [1.54, 1.807) is 6.20 Å². The molecule has 0 unspecified atom stereocenters. The summed E-state index contributed by atoms with van der Waals surface area (Å²) in [5.74, 6) is 1.30. The molecule has 0 radical (unpaired) electrons. The first-order valence-electron chi connectivity index (χ1n) is 7.03. The maximum atomic E-state index is 5.83. The van der Waals surface area contributed by atoms with E-state index in [4.69, 9.17) is 4.74 Å². The summed E-state index contributed by atoms with van der Waals surface area (Å²) in [6.07, 6.45) is 3.58. The second-order valence-corrected chi connectivity index (χ2v) is 4.80. The van der Waals surface area contributed by atoms with Crippen molar-refractivity contribution in [2.45, 2.75) is 20.0 Å². The van der Waals surface area contributed by atoms with Gasteiger partial charge in [0.05, 0.1) is 17.9 Å². The first-order valence-corrected chi connectivity index (χ1v) is 7.03. The minimum absolute atomic E-state index is 0.592. The molecule has 5 nitrogen and oxygen atoms in total. The Kier molecular flexibility index (Phi) is 3.83. The molecular weight excluding hydrogens is 264 g/mol. The van der Waals surface area contributed by atoms with Gasteiger partial charge >= 0.3 is 0 Å². The largest absolute Gasteiger partial charge is 0.436 e. The Bertz CT molecular complexity index is 751. The molecule has 0 atom stereocenters. The van der Waals surface area contributed by atoms with Crippen molar-refractivity contribution < 1.29 is 4.74 Å². The molecule has 0 aliphatic rings. The van der Waals surface area contributed by atoms with Crippen molar-refractivity contribution in [2.75, 3.05) is 7.05 Å². The summed E-state index contributed by atoms with van der Waals surface area (Å²) in [7, 11) is 1.93. The number of pyridine rings is 1. The van der Waals surface area contributed by atoms with Crippen molar-refractivity contribution in [3.8, 4) is 11.6 Å². The van der Waals surface area contributed by atoms with Crippen LogP contribution in [0, 0.1) is 0 Å². The number of nitrogens with one attached hydrogen (secondary N) is 1. The first kappa shape index (κ1) is 13.6. The molecule has 0 aliphatic heterocycles.